The number of anilines is 1. The second-order valence-electron chi connectivity index (χ2n) is 7.12. The molecule has 2 aliphatic rings. The molecule has 0 atom stereocenters. The van der Waals surface area contributed by atoms with E-state index >= 15 is 0 Å². The van der Waals surface area contributed by atoms with Gasteiger partial charge < -0.3 is 15.5 Å². The number of rotatable bonds is 4. The second-order valence-corrected chi connectivity index (χ2v) is 9.05. The van der Waals surface area contributed by atoms with Crippen molar-refractivity contribution in [1.82, 2.24) is 14.9 Å². The van der Waals surface area contributed by atoms with Crippen molar-refractivity contribution in [3.63, 3.8) is 0 Å². The van der Waals surface area contributed by atoms with E-state index in [4.69, 9.17) is 0 Å². The molecule has 0 spiro atoms. The number of alkyl halides is 3. The Balaban J connectivity index is 1.49. The third-order valence-corrected chi connectivity index (χ3v) is 6.88. The number of carbonyl (C=O) groups excluding carboxylic acids is 1. The van der Waals surface area contributed by atoms with Gasteiger partial charge in [-0.1, -0.05) is 18.2 Å². The highest BCUT2D eigenvalue weighted by molar-refractivity contribution is 7.90. The van der Waals surface area contributed by atoms with Crippen molar-refractivity contribution >= 4 is 27.6 Å². The highest BCUT2D eigenvalue weighted by atomic mass is 32.2. The van der Waals surface area contributed by atoms with Gasteiger partial charge in [-0.3, -0.25) is 9.79 Å². The molecule has 3 rings (SSSR count). The van der Waals surface area contributed by atoms with Crippen LogP contribution in [0, 0.1) is 0 Å². The number of halogens is 3. The fraction of sp³-hybridized carbons (Fsp3) is 0.556. The maximum absolute atomic E-state index is 12.7. The van der Waals surface area contributed by atoms with Crippen LogP contribution in [-0.4, -0.2) is 69.4 Å². The molecule has 1 saturated heterocycles. The van der Waals surface area contributed by atoms with Gasteiger partial charge in [-0.25, -0.2) is 8.42 Å². The number of piperidine rings is 1. The smallest absolute Gasteiger partial charge is 0.354 e. The molecule has 2 N–H and O–H groups in total. The van der Waals surface area contributed by atoms with Crippen molar-refractivity contribution in [3.05, 3.63) is 29.8 Å². The number of nitrogens with one attached hydrogen (secondary N) is 2. The lowest BCUT2D eigenvalue weighted by Gasteiger charge is -2.32. The molecule has 12 heteroatoms. The number of sulfonamides is 1. The predicted molar refractivity (Wildman–Crippen MR) is 107 cm³/mol. The van der Waals surface area contributed by atoms with Gasteiger partial charge in [0.05, 0.1) is 6.54 Å². The van der Waals surface area contributed by atoms with Crippen LogP contribution in [0.4, 0.5) is 18.9 Å². The van der Waals surface area contributed by atoms with E-state index in [9.17, 15) is 26.4 Å². The Morgan fingerprint density at radius 2 is 1.87 bits per heavy atom. The van der Waals surface area contributed by atoms with E-state index in [1.165, 1.54) is 7.05 Å². The summed E-state index contributed by atoms with van der Waals surface area (Å²) in [6.45, 7) is 0.146. The lowest BCUT2D eigenvalue weighted by molar-refractivity contribution is -0.117. The number of hydrogen-bond acceptors (Lipinski definition) is 4. The molecule has 0 bridgehead atoms. The van der Waals surface area contributed by atoms with Crippen LogP contribution in [0.1, 0.15) is 18.4 Å². The highest BCUT2D eigenvalue weighted by Crippen LogP contribution is 2.29. The van der Waals surface area contributed by atoms with Gasteiger partial charge in [-0.2, -0.15) is 17.5 Å². The molecule has 0 unspecified atom stereocenters. The van der Waals surface area contributed by atoms with Gasteiger partial charge in [-0.15, -0.1) is 0 Å². The Labute approximate surface area is 173 Å². The average Bonchev–Trinajstić information content (AvgIpc) is 3.14. The number of hydrogen-bond donors (Lipinski definition) is 2. The Kier molecular flexibility index (Phi) is 6.56. The van der Waals surface area contributed by atoms with Gasteiger partial charge in [0.25, 0.3) is 0 Å². The number of guanidine groups is 1. The third kappa shape index (κ3) is 4.69. The Morgan fingerprint density at radius 3 is 2.50 bits per heavy atom. The highest BCUT2D eigenvalue weighted by Gasteiger charge is 2.50. The molecule has 2 heterocycles. The Hall–Kier alpha value is -2.34. The first-order valence-corrected chi connectivity index (χ1v) is 11.0. The standard InChI is InChI=1S/C18H24F3N5O3S/c1-22-17(23-12-16(27)26-11-6-13-4-2-3-5-15(13)26)24-14-7-9-25(10-8-14)30(28,29)18(19,20)21/h2-5,14H,6-12H2,1H3,(H2,22,23,24). The minimum absolute atomic E-state index is 0.00923. The van der Waals surface area contributed by atoms with E-state index in [1.54, 1.807) is 4.90 Å². The number of fused-ring (bicyclic) bond motifs is 1. The first-order valence-electron chi connectivity index (χ1n) is 9.55. The van der Waals surface area contributed by atoms with E-state index in [0.717, 1.165) is 17.7 Å². The molecular formula is C18H24F3N5O3S. The summed E-state index contributed by atoms with van der Waals surface area (Å²) in [5.74, 6) is 0.224. The molecule has 166 valence electrons. The maximum atomic E-state index is 12.7. The number of amides is 1. The van der Waals surface area contributed by atoms with Crippen LogP contribution in [0.2, 0.25) is 0 Å². The van der Waals surface area contributed by atoms with E-state index in [2.05, 4.69) is 15.6 Å². The summed E-state index contributed by atoms with van der Waals surface area (Å²) in [6.07, 6.45) is 1.20. The van der Waals surface area contributed by atoms with Crippen molar-refractivity contribution in [3.8, 4) is 0 Å². The first-order chi connectivity index (χ1) is 14.1. The van der Waals surface area contributed by atoms with E-state index in [1.807, 2.05) is 24.3 Å². The minimum Gasteiger partial charge on any atom is -0.354 e. The summed E-state index contributed by atoms with van der Waals surface area (Å²) >= 11 is 0. The zero-order valence-electron chi connectivity index (χ0n) is 16.4. The van der Waals surface area contributed by atoms with Crippen molar-refractivity contribution in [2.45, 2.75) is 30.8 Å². The molecule has 30 heavy (non-hydrogen) atoms. The number of aliphatic imine (C=N–C) groups is 1. The average molecular weight is 447 g/mol. The molecular weight excluding hydrogens is 423 g/mol. The molecule has 1 aromatic rings. The minimum atomic E-state index is -5.30. The zero-order valence-corrected chi connectivity index (χ0v) is 17.3. The molecule has 0 aliphatic carbocycles. The summed E-state index contributed by atoms with van der Waals surface area (Å²) < 4.78 is 61.4. The summed E-state index contributed by atoms with van der Waals surface area (Å²) in [5, 5.41) is 5.97. The topological polar surface area (TPSA) is 94.1 Å². The van der Waals surface area contributed by atoms with Crippen LogP contribution >= 0.6 is 0 Å². The van der Waals surface area contributed by atoms with Crippen molar-refractivity contribution in [2.75, 3.05) is 38.1 Å². The lowest BCUT2D eigenvalue weighted by Crippen LogP contribution is -2.52. The number of nitrogens with zero attached hydrogens (tertiary/aromatic N) is 3. The molecule has 0 radical (unpaired) electrons. The van der Waals surface area contributed by atoms with Crippen molar-refractivity contribution < 1.29 is 26.4 Å². The second kappa shape index (κ2) is 8.80. The quantitative estimate of drug-likeness (QED) is 0.532. The monoisotopic (exact) mass is 447 g/mol. The van der Waals surface area contributed by atoms with Crippen LogP contribution in [0.5, 0.6) is 0 Å². The fourth-order valence-electron chi connectivity index (χ4n) is 3.63. The van der Waals surface area contributed by atoms with Gasteiger partial charge in [0, 0.05) is 38.4 Å². The summed E-state index contributed by atoms with van der Waals surface area (Å²) in [7, 11) is -3.78. The van der Waals surface area contributed by atoms with Gasteiger partial charge in [0.1, 0.15) is 0 Å². The normalized spacial score (nSPS) is 18.9. The van der Waals surface area contributed by atoms with E-state index in [-0.39, 0.29) is 44.4 Å². The number of carbonyl (C=O) groups is 1. The molecule has 0 saturated carbocycles. The van der Waals surface area contributed by atoms with Crippen LogP contribution in [0.15, 0.2) is 29.3 Å². The van der Waals surface area contributed by atoms with Gasteiger partial charge >= 0.3 is 15.5 Å². The van der Waals surface area contributed by atoms with Crippen LogP contribution in [-0.2, 0) is 21.2 Å². The SMILES string of the molecule is CN=C(NCC(=O)N1CCc2ccccc21)NC1CCN(S(=O)(=O)C(F)(F)F)CC1. The molecule has 2 aliphatic heterocycles. The lowest BCUT2D eigenvalue weighted by atomic mass is 10.1. The molecule has 8 nitrogen and oxygen atoms in total. The van der Waals surface area contributed by atoms with Crippen LogP contribution < -0.4 is 15.5 Å². The van der Waals surface area contributed by atoms with E-state index in [0.29, 0.717) is 16.8 Å². The van der Waals surface area contributed by atoms with E-state index < -0.39 is 15.5 Å². The van der Waals surface area contributed by atoms with Crippen molar-refractivity contribution in [1.29, 1.82) is 0 Å². The van der Waals surface area contributed by atoms with Gasteiger partial charge in [0.2, 0.25) is 5.91 Å². The zero-order chi connectivity index (χ0) is 21.9. The summed E-state index contributed by atoms with van der Waals surface area (Å²) in [5.41, 5.74) is -3.28. The van der Waals surface area contributed by atoms with Gasteiger partial charge in [0.15, 0.2) is 5.96 Å². The molecule has 1 amide bonds. The van der Waals surface area contributed by atoms with Crippen LogP contribution in [0.3, 0.4) is 0 Å². The maximum Gasteiger partial charge on any atom is 0.511 e. The number of benzene rings is 1. The first kappa shape index (κ1) is 22.3. The number of para-hydroxylation sites is 1. The van der Waals surface area contributed by atoms with Gasteiger partial charge in [-0.05, 0) is 30.9 Å². The van der Waals surface area contributed by atoms with Crippen LogP contribution in [0.25, 0.3) is 0 Å². The molecule has 1 fully saturated rings. The van der Waals surface area contributed by atoms with Crippen molar-refractivity contribution in [2.24, 2.45) is 4.99 Å². The summed E-state index contributed by atoms with van der Waals surface area (Å²) in [6, 6.07) is 7.45. The Morgan fingerprint density at radius 1 is 1.20 bits per heavy atom. The fourth-order valence-corrected chi connectivity index (χ4v) is 4.61. The Bertz CT molecular complexity index is 912. The predicted octanol–water partition coefficient (Wildman–Crippen LogP) is 1.05. The molecule has 1 aromatic carbocycles. The molecule has 0 aromatic heterocycles. The largest absolute Gasteiger partial charge is 0.511 e. The summed E-state index contributed by atoms with van der Waals surface area (Å²) in [4.78, 5) is 18.3. The third-order valence-electron chi connectivity index (χ3n) is 5.25.